The Hall–Kier alpha value is -2.23. The summed E-state index contributed by atoms with van der Waals surface area (Å²) in [5.41, 5.74) is 2.91. The molecule has 0 bridgehead atoms. The van der Waals surface area contributed by atoms with Gasteiger partial charge in [-0.3, -0.25) is 4.79 Å². The van der Waals surface area contributed by atoms with Crippen LogP contribution in [0.25, 0.3) is 11.1 Å². The molecule has 2 aromatic rings. The first-order valence-electron chi connectivity index (χ1n) is 8.65. The Labute approximate surface area is 148 Å². The molecular formula is C21H25F2NO. The third kappa shape index (κ3) is 4.88. The highest BCUT2D eigenvalue weighted by atomic mass is 19.3. The van der Waals surface area contributed by atoms with E-state index in [0.29, 0.717) is 11.3 Å². The third-order valence-corrected chi connectivity index (χ3v) is 4.45. The summed E-state index contributed by atoms with van der Waals surface area (Å²) in [6.07, 6.45) is 1.44. The Morgan fingerprint density at radius 2 is 1.64 bits per heavy atom. The molecule has 0 atom stereocenters. The molecule has 0 aliphatic rings. The van der Waals surface area contributed by atoms with E-state index in [1.807, 2.05) is 45.0 Å². The first-order chi connectivity index (χ1) is 11.7. The standard InChI is InChI=1S/C21H25F2NO/c1-5-15(6-2)20(25)24-19-12-17(11-18(13-19)21(4,22)23)16-9-7-14(3)8-10-16/h7-13,15H,5-6H2,1-4H3,(H,24,25). The average Bonchev–Trinajstić information content (AvgIpc) is 2.55. The predicted octanol–water partition coefficient (Wildman–Crippen LogP) is 6.15. The smallest absolute Gasteiger partial charge is 0.270 e. The van der Waals surface area contributed by atoms with E-state index in [1.54, 1.807) is 6.07 Å². The number of rotatable bonds is 6. The minimum Gasteiger partial charge on any atom is -0.326 e. The number of hydrogen-bond donors (Lipinski definition) is 1. The van der Waals surface area contributed by atoms with Gasteiger partial charge in [-0.2, -0.15) is 0 Å². The van der Waals surface area contributed by atoms with Gasteiger partial charge in [0.2, 0.25) is 5.91 Å². The second-order valence-electron chi connectivity index (χ2n) is 6.56. The first-order valence-corrected chi connectivity index (χ1v) is 8.65. The molecule has 0 heterocycles. The second kappa shape index (κ2) is 7.77. The van der Waals surface area contributed by atoms with Crippen LogP contribution in [0.4, 0.5) is 14.5 Å². The number of anilines is 1. The van der Waals surface area contributed by atoms with E-state index in [4.69, 9.17) is 0 Å². The molecule has 25 heavy (non-hydrogen) atoms. The van der Waals surface area contributed by atoms with E-state index >= 15 is 0 Å². The number of carbonyl (C=O) groups is 1. The minimum absolute atomic E-state index is 0.106. The maximum absolute atomic E-state index is 13.9. The molecule has 0 spiro atoms. The highest BCUT2D eigenvalue weighted by Crippen LogP contribution is 2.34. The molecule has 134 valence electrons. The molecule has 0 aromatic heterocycles. The van der Waals surface area contributed by atoms with Crippen molar-refractivity contribution < 1.29 is 13.6 Å². The Kier molecular flexibility index (Phi) is 5.93. The second-order valence-corrected chi connectivity index (χ2v) is 6.56. The lowest BCUT2D eigenvalue weighted by atomic mass is 9.98. The molecule has 1 N–H and O–H groups in total. The summed E-state index contributed by atoms with van der Waals surface area (Å²) < 4.78 is 27.8. The van der Waals surface area contributed by atoms with E-state index in [2.05, 4.69) is 5.32 Å². The van der Waals surface area contributed by atoms with Crippen molar-refractivity contribution >= 4 is 11.6 Å². The summed E-state index contributed by atoms with van der Waals surface area (Å²) in [7, 11) is 0. The predicted molar refractivity (Wildman–Crippen MR) is 98.9 cm³/mol. The molecule has 0 aliphatic heterocycles. The van der Waals surface area contributed by atoms with Gasteiger partial charge in [-0.05, 0) is 49.1 Å². The zero-order chi connectivity index (χ0) is 18.6. The first kappa shape index (κ1) is 19.1. The van der Waals surface area contributed by atoms with Crippen molar-refractivity contribution in [1.29, 1.82) is 0 Å². The highest BCUT2D eigenvalue weighted by Gasteiger charge is 2.26. The van der Waals surface area contributed by atoms with E-state index in [0.717, 1.165) is 30.9 Å². The number of carbonyl (C=O) groups excluding carboxylic acids is 1. The van der Waals surface area contributed by atoms with Crippen LogP contribution in [-0.2, 0) is 10.7 Å². The van der Waals surface area contributed by atoms with Gasteiger partial charge in [0.15, 0.2) is 0 Å². The van der Waals surface area contributed by atoms with Crippen molar-refractivity contribution in [3.63, 3.8) is 0 Å². The van der Waals surface area contributed by atoms with Gasteiger partial charge >= 0.3 is 0 Å². The summed E-state index contributed by atoms with van der Waals surface area (Å²) in [6.45, 7) is 6.74. The topological polar surface area (TPSA) is 29.1 Å². The Morgan fingerprint density at radius 3 is 2.16 bits per heavy atom. The molecule has 0 aliphatic carbocycles. The largest absolute Gasteiger partial charge is 0.326 e. The van der Waals surface area contributed by atoms with Crippen LogP contribution < -0.4 is 5.32 Å². The zero-order valence-corrected chi connectivity index (χ0v) is 15.2. The quantitative estimate of drug-likeness (QED) is 0.668. The fourth-order valence-corrected chi connectivity index (χ4v) is 2.77. The fourth-order valence-electron chi connectivity index (χ4n) is 2.77. The lowest BCUT2D eigenvalue weighted by Gasteiger charge is -2.17. The normalized spacial score (nSPS) is 11.6. The maximum atomic E-state index is 13.9. The summed E-state index contributed by atoms with van der Waals surface area (Å²) in [6, 6.07) is 12.3. The van der Waals surface area contributed by atoms with Crippen molar-refractivity contribution in [3.05, 3.63) is 53.6 Å². The molecule has 0 fully saturated rings. The van der Waals surface area contributed by atoms with Gasteiger partial charge in [-0.1, -0.05) is 43.7 Å². The molecule has 1 amide bonds. The van der Waals surface area contributed by atoms with E-state index in [9.17, 15) is 13.6 Å². The van der Waals surface area contributed by atoms with Gasteiger partial charge in [0.1, 0.15) is 0 Å². The zero-order valence-electron chi connectivity index (χ0n) is 15.2. The fraction of sp³-hybridized carbons (Fsp3) is 0.381. The number of halogens is 2. The Bertz CT molecular complexity index is 729. The van der Waals surface area contributed by atoms with Crippen LogP contribution in [0.5, 0.6) is 0 Å². The van der Waals surface area contributed by atoms with E-state index in [1.165, 1.54) is 12.1 Å². The summed E-state index contributed by atoms with van der Waals surface area (Å²) in [4.78, 5) is 12.3. The van der Waals surface area contributed by atoms with Crippen LogP contribution in [0.15, 0.2) is 42.5 Å². The number of amides is 1. The summed E-state index contributed by atoms with van der Waals surface area (Å²) in [5.74, 6) is -3.22. The number of benzene rings is 2. The number of nitrogens with one attached hydrogen (secondary N) is 1. The third-order valence-electron chi connectivity index (χ3n) is 4.45. The van der Waals surface area contributed by atoms with E-state index < -0.39 is 5.92 Å². The summed E-state index contributed by atoms with van der Waals surface area (Å²) in [5, 5.41) is 2.81. The summed E-state index contributed by atoms with van der Waals surface area (Å²) >= 11 is 0. The van der Waals surface area contributed by atoms with Crippen molar-refractivity contribution in [2.24, 2.45) is 5.92 Å². The Morgan fingerprint density at radius 1 is 1.04 bits per heavy atom. The molecule has 0 saturated carbocycles. The minimum atomic E-state index is -2.98. The van der Waals surface area contributed by atoms with Crippen molar-refractivity contribution in [3.8, 4) is 11.1 Å². The molecule has 2 nitrogen and oxygen atoms in total. The van der Waals surface area contributed by atoms with Crippen LogP contribution in [0.1, 0.15) is 44.7 Å². The van der Waals surface area contributed by atoms with Gasteiger partial charge in [0.25, 0.3) is 5.92 Å². The number of hydrogen-bond acceptors (Lipinski definition) is 1. The lowest BCUT2D eigenvalue weighted by molar-refractivity contribution is -0.120. The van der Waals surface area contributed by atoms with Gasteiger partial charge in [0.05, 0.1) is 0 Å². The number of alkyl halides is 2. The monoisotopic (exact) mass is 345 g/mol. The molecule has 2 aromatic carbocycles. The molecule has 2 rings (SSSR count). The maximum Gasteiger partial charge on any atom is 0.270 e. The van der Waals surface area contributed by atoms with Crippen LogP contribution in [0, 0.1) is 12.8 Å². The number of aryl methyl sites for hydroxylation is 1. The van der Waals surface area contributed by atoms with Gasteiger partial charge in [-0.25, -0.2) is 8.78 Å². The molecule has 0 radical (unpaired) electrons. The van der Waals surface area contributed by atoms with E-state index in [-0.39, 0.29) is 17.4 Å². The van der Waals surface area contributed by atoms with Gasteiger partial charge < -0.3 is 5.32 Å². The Balaban J connectivity index is 2.44. The van der Waals surface area contributed by atoms with Crippen molar-refractivity contribution in [2.75, 3.05) is 5.32 Å². The van der Waals surface area contributed by atoms with Crippen LogP contribution in [-0.4, -0.2) is 5.91 Å². The van der Waals surface area contributed by atoms with Crippen molar-refractivity contribution in [1.82, 2.24) is 0 Å². The SMILES string of the molecule is CCC(CC)C(=O)Nc1cc(-c2ccc(C)cc2)cc(C(C)(F)F)c1. The molecule has 4 heteroatoms. The molecule has 0 saturated heterocycles. The molecular weight excluding hydrogens is 320 g/mol. The van der Waals surface area contributed by atoms with Crippen molar-refractivity contribution in [2.45, 2.75) is 46.5 Å². The lowest BCUT2D eigenvalue weighted by Crippen LogP contribution is -2.22. The highest BCUT2D eigenvalue weighted by molar-refractivity contribution is 5.93. The van der Waals surface area contributed by atoms with Crippen LogP contribution in [0.3, 0.4) is 0 Å². The van der Waals surface area contributed by atoms with Crippen LogP contribution >= 0.6 is 0 Å². The van der Waals surface area contributed by atoms with Crippen LogP contribution in [0.2, 0.25) is 0 Å². The molecule has 0 unspecified atom stereocenters. The van der Waals surface area contributed by atoms with Gasteiger partial charge in [0, 0.05) is 24.1 Å². The van der Waals surface area contributed by atoms with Gasteiger partial charge in [-0.15, -0.1) is 0 Å². The average molecular weight is 345 g/mol.